The molecule has 4 heteroatoms. The van der Waals surface area contributed by atoms with Crippen molar-refractivity contribution in [3.05, 3.63) is 51.8 Å². The van der Waals surface area contributed by atoms with Gasteiger partial charge in [0.1, 0.15) is 5.69 Å². The zero-order valence-electron chi connectivity index (χ0n) is 21.9. The van der Waals surface area contributed by atoms with Gasteiger partial charge in [0.2, 0.25) is 0 Å². The van der Waals surface area contributed by atoms with E-state index in [1.54, 1.807) is 5.56 Å². The fourth-order valence-corrected chi connectivity index (χ4v) is 7.09. The van der Waals surface area contributed by atoms with E-state index in [1.807, 2.05) is 0 Å². The summed E-state index contributed by atoms with van der Waals surface area (Å²) in [5.74, 6) is 2.34. The first-order valence-corrected chi connectivity index (χ1v) is 14.4. The summed E-state index contributed by atoms with van der Waals surface area (Å²) in [6, 6.07) is 6.80. The number of carbonyl (C=O) groups is 1. The van der Waals surface area contributed by atoms with Crippen molar-refractivity contribution in [3.63, 3.8) is 0 Å². The number of carbonyl (C=O) groups excluding carboxylic acids is 1. The molecule has 0 radical (unpaired) electrons. The molecule has 2 fully saturated rings. The van der Waals surface area contributed by atoms with E-state index in [4.69, 9.17) is 5.10 Å². The van der Waals surface area contributed by atoms with E-state index in [0.29, 0.717) is 12.3 Å². The Hall–Kier alpha value is -1.94. The van der Waals surface area contributed by atoms with Gasteiger partial charge in [0.15, 0.2) is 5.78 Å². The molecule has 0 aliphatic heterocycles. The highest BCUT2D eigenvalue weighted by molar-refractivity contribution is 5.96. The van der Waals surface area contributed by atoms with Crippen LogP contribution in [0.4, 0.5) is 0 Å². The van der Waals surface area contributed by atoms with Crippen LogP contribution >= 0.6 is 0 Å². The molecule has 4 nitrogen and oxygen atoms in total. The molecule has 35 heavy (non-hydrogen) atoms. The van der Waals surface area contributed by atoms with Crippen LogP contribution in [0.3, 0.4) is 0 Å². The lowest BCUT2D eigenvalue weighted by molar-refractivity contribution is 0.0923. The predicted octanol–water partition coefficient (Wildman–Crippen LogP) is 6.87. The number of nitrogens with zero attached hydrogens (tertiary/aromatic N) is 2. The lowest BCUT2D eigenvalue weighted by Gasteiger charge is -2.30. The minimum Gasteiger partial charge on any atom is -0.393 e. The summed E-state index contributed by atoms with van der Waals surface area (Å²) in [6.45, 7) is 5.48. The van der Waals surface area contributed by atoms with Crippen LogP contribution in [0.15, 0.2) is 18.2 Å². The largest absolute Gasteiger partial charge is 0.393 e. The Balaban J connectivity index is 1.15. The fourth-order valence-electron chi connectivity index (χ4n) is 7.09. The molecule has 2 aromatic rings. The first kappa shape index (κ1) is 24.7. The predicted molar refractivity (Wildman–Crippen MR) is 141 cm³/mol. The molecule has 3 aliphatic rings. The normalized spacial score (nSPS) is 26.6. The maximum absolute atomic E-state index is 13.1. The zero-order valence-corrected chi connectivity index (χ0v) is 21.9. The number of ketones is 1. The average molecular weight is 477 g/mol. The van der Waals surface area contributed by atoms with Gasteiger partial charge >= 0.3 is 0 Å². The first-order valence-electron chi connectivity index (χ1n) is 14.4. The van der Waals surface area contributed by atoms with Gasteiger partial charge in [-0.3, -0.25) is 9.48 Å². The third-order valence-electron chi connectivity index (χ3n) is 9.55. The van der Waals surface area contributed by atoms with Crippen molar-refractivity contribution in [3.8, 4) is 0 Å². The Kier molecular flexibility index (Phi) is 7.77. The van der Waals surface area contributed by atoms with Gasteiger partial charge in [-0.1, -0.05) is 18.2 Å². The lowest BCUT2D eigenvalue weighted by atomic mass is 9.76. The SMILES string of the molecule is Cc1cccc(C2CCC(CCn3nc(C(=O)CCC4CCC(O)CC4)c4c3CCC4)CC2)c1C. The van der Waals surface area contributed by atoms with Crippen molar-refractivity contribution < 1.29 is 9.90 Å². The van der Waals surface area contributed by atoms with Crippen molar-refractivity contribution in [1.82, 2.24) is 9.78 Å². The number of hydrogen-bond donors (Lipinski definition) is 1. The molecule has 1 aromatic carbocycles. The van der Waals surface area contributed by atoms with E-state index in [9.17, 15) is 9.90 Å². The molecular formula is C31H44N2O2. The molecule has 0 unspecified atom stereocenters. The Morgan fingerprint density at radius 3 is 2.46 bits per heavy atom. The van der Waals surface area contributed by atoms with Crippen LogP contribution in [-0.2, 0) is 19.4 Å². The lowest BCUT2D eigenvalue weighted by Crippen LogP contribution is -2.19. The molecule has 2 saturated carbocycles. The number of hydrogen-bond acceptors (Lipinski definition) is 3. The number of Topliss-reactive ketones (excluding diaryl/α,β-unsaturated/α-hetero) is 1. The molecule has 3 aliphatic carbocycles. The van der Waals surface area contributed by atoms with Gasteiger partial charge in [0.05, 0.1) is 6.10 Å². The first-order chi connectivity index (χ1) is 17.0. The second-order valence-electron chi connectivity index (χ2n) is 11.8. The number of aryl methyl sites for hydroxylation is 2. The standard InChI is InChI=1S/C31H44N2O2/c1-21-5-3-6-27(22(21)2)25-14-9-24(10-15-25)19-20-33-29-8-4-7-28(29)31(32-33)30(35)18-13-23-11-16-26(34)17-12-23/h3,5-6,23-26,34H,4,7-20H2,1-2H3. The number of aliphatic hydroxyl groups excluding tert-OH is 1. The van der Waals surface area contributed by atoms with Gasteiger partial charge in [0.25, 0.3) is 0 Å². The summed E-state index contributed by atoms with van der Waals surface area (Å²) >= 11 is 0. The number of benzene rings is 1. The van der Waals surface area contributed by atoms with Gasteiger partial charge in [-0.25, -0.2) is 0 Å². The van der Waals surface area contributed by atoms with Crippen LogP contribution in [0.2, 0.25) is 0 Å². The van der Waals surface area contributed by atoms with Crippen molar-refractivity contribution in [2.75, 3.05) is 0 Å². The summed E-state index contributed by atoms with van der Waals surface area (Å²) in [4.78, 5) is 13.1. The summed E-state index contributed by atoms with van der Waals surface area (Å²) in [6.07, 6.45) is 15.0. The molecule has 1 N–H and O–H groups in total. The quantitative estimate of drug-likeness (QED) is 0.423. The molecule has 190 valence electrons. The maximum atomic E-state index is 13.1. The minimum atomic E-state index is -0.123. The van der Waals surface area contributed by atoms with E-state index >= 15 is 0 Å². The molecule has 0 atom stereocenters. The topological polar surface area (TPSA) is 55.1 Å². The van der Waals surface area contributed by atoms with Crippen LogP contribution in [0.5, 0.6) is 0 Å². The fraction of sp³-hybridized carbons (Fsp3) is 0.677. The molecule has 1 heterocycles. The van der Waals surface area contributed by atoms with Gasteiger partial charge in [-0.05, 0) is 132 Å². The number of aliphatic hydroxyl groups is 1. The highest BCUT2D eigenvalue weighted by atomic mass is 16.3. The molecule has 1 aromatic heterocycles. The average Bonchev–Trinajstić information content (AvgIpc) is 3.48. The molecule has 0 saturated heterocycles. The second kappa shape index (κ2) is 11.0. The minimum absolute atomic E-state index is 0.123. The Morgan fingerprint density at radius 2 is 1.69 bits per heavy atom. The molecule has 0 bridgehead atoms. The van der Waals surface area contributed by atoms with Crippen LogP contribution in [-0.4, -0.2) is 26.8 Å². The van der Waals surface area contributed by atoms with E-state index in [-0.39, 0.29) is 11.9 Å². The van der Waals surface area contributed by atoms with E-state index in [0.717, 1.165) is 75.4 Å². The molecule has 0 spiro atoms. The zero-order chi connectivity index (χ0) is 24.4. The van der Waals surface area contributed by atoms with E-state index < -0.39 is 0 Å². The van der Waals surface area contributed by atoms with Crippen LogP contribution in [0.1, 0.15) is 121 Å². The summed E-state index contributed by atoms with van der Waals surface area (Å²) in [5.41, 5.74) is 7.86. The highest BCUT2D eigenvalue weighted by Crippen LogP contribution is 2.39. The van der Waals surface area contributed by atoms with Crippen molar-refractivity contribution >= 4 is 5.78 Å². The summed E-state index contributed by atoms with van der Waals surface area (Å²) < 4.78 is 2.21. The van der Waals surface area contributed by atoms with Crippen molar-refractivity contribution in [2.45, 2.75) is 122 Å². The third kappa shape index (κ3) is 5.58. The third-order valence-corrected chi connectivity index (χ3v) is 9.55. The van der Waals surface area contributed by atoms with Gasteiger partial charge < -0.3 is 5.11 Å². The van der Waals surface area contributed by atoms with Gasteiger partial charge in [-0.15, -0.1) is 0 Å². The van der Waals surface area contributed by atoms with Crippen molar-refractivity contribution in [2.24, 2.45) is 11.8 Å². The number of fused-ring (bicyclic) bond motifs is 1. The van der Waals surface area contributed by atoms with Crippen LogP contribution in [0.25, 0.3) is 0 Å². The second-order valence-corrected chi connectivity index (χ2v) is 11.8. The smallest absolute Gasteiger partial charge is 0.183 e. The van der Waals surface area contributed by atoms with Gasteiger partial charge in [0, 0.05) is 24.2 Å². The number of rotatable bonds is 8. The molecule has 0 amide bonds. The maximum Gasteiger partial charge on any atom is 0.183 e. The molecular weight excluding hydrogens is 432 g/mol. The number of aromatic nitrogens is 2. The Labute approximate surface area is 211 Å². The molecule has 5 rings (SSSR count). The van der Waals surface area contributed by atoms with Gasteiger partial charge in [-0.2, -0.15) is 5.10 Å². The summed E-state index contributed by atoms with van der Waals surface area (Å²) in [7, 11) is 0. The van der Waals surface area contributed by atoms with Crippen LogP contribution < -0.4 is 0 Å². The Morgan fingerprint density at radius 1 is 0.971 bits per heavy atom. The van der Waals surface area contributed by atoms with E-state index in [2.05, 4.69) is 36.7 Å². The van der Waals surface area contributed by atoms with Crippen LogP contribution in [0, 0.1) is 25.7 Å². The van der Waals surface area contributed by atoms with Crippen molar-refractivity contribution in [1.29, 1.82) is 0 Å². The monoisotopic (exact) mass is 476 g/mol. The highest BCUT2D eigenvalue weighted by Gasteiger charge is 2.28. The summed E-state index contributed by atoms with van der Waals surface area (Å²) in [5, 5.41) is 14.6. The van der Waals surface area contributed by atoms with E-state index in [1.165, 1.54) is 54.5 Å². The Bertz CT molecular complexity index is 1020.